The number of nitrogens with one attached hydrogen (secondary N) is 1. The van der Waals surface area contributed by atoms with E-state index in [4.69, 9.17) is 0 Å². The van der Waals surface area contributed by atoms with Crippen molar-refractivity contribution in [2.75, 3.05) is 16.8 Å². The molecule has 0 bridgehead atoms. The normalized spacial score (nSPS) is 17.4. The van der Waals surface area contributed by atoms with Crippen molar-refractivity contribution in [3.8, 4) is 0 Å². The minimum absolute atomic E-state index is 0.116. The lowest BCUT2D eigenvalue weighted by Gasteiger charge is -2.32. The zero-order valence-electron chi connectivity index (χ0n) is 14.1. The Hall–Kier alpha value is -2.76. The number of halogens is 2. The fourth-order valence-corrected chi connectivity index (χ4v) is 3.50. The number of hydrogen-bond acceptors (Lipinski definition) is 2. The van der Waals surface area contributed by atoms with Crippen LogP contribution in [0.2, 0.25) is 0 Å². The molecular formula is C20H18F2N2O2. The first kappa shape index (κ1) is 16.7. The number of carbonyl (C=O) groups excluding carboxylic acids is 2. The average molecular weight is 356 g/mol. The van der Waals surface area contributed by atoms with Crippen molar-refractivity contribution >= 4 is 23.2 Å². The van der Waals surface area contributed by atoms with Gasteiger partial charge in [0.25, 0.3) is 0 Å². The lowest BCUT2D eigenvalue weighted by atomic mass is 9.97. The third-order valence-electron chi connectivity index (χ3n) is 5.13. The van der Waals surface area contributed by atoms with Crippen LogP contribution in [0.4, 0.5) is 20.2 Å². The summed E-state index contributed by atoms with van der Waals surface area (Å²) in [6.45, 7) is 0.565. The molecule has 0 atom stereocenters. The third kappa shape index (κ3) is 2.75. The van der Waals surface area contributed by atoms with Crippen LogP contribution in [0.15, 0.2) is 42.5 Å². The number of fused-ring (bicyclic) bond motifs is 1. The summed E-state index contributed by atoms with van der Waals surface area (Å²) in [5, 5.41) is 2.46. The van der Waals surface area contributed by atoms with E-state index in [1.165, 1.54) is 6.07 Å². The zero-order valence-corrected chi connectivity index (χ0v) is 14.1. The topological polar surface area (TPSA) is 49.4 Å². The van der Waals surface area contributed by atoms with Gasteiger partial charge in [-0.05, 0) is 49.4 Å². The Bertz CT molecular complexity index is 893. The van der Waals surface area contributed by atoms with Crippen molar-refractivity contribution in [2.24, 2.45) is 5.41 Å². The molecular weight excluding hydrogens is 338 g/mol. The highest BCUT2D eigenvalue weighted by Gasteiger charge is 2.58. The highest BCUT2D eigenvalue weighted by atomic mass is 19.1. The molecule has 1 aliphatic heterocycles. The van der Waals surface area contributed by atoms with Crippen LogP contribution in [0.3, 0.4) is 0 Å². The van der Waals surface area contributed by atoms with Gasteiger partial charge in [-0.15, -0.1) is 0 Å². The van der Waals surface area contributed by atoms with Crippen LogP contribution in [0.1, 0.15) is 24.8 Å². The summed E-state index contributed by atoms with van der Waals surface area (Å²) < 4.78 is 26.9. The fraction of sp³-hybridized carbons (Fsp3) is 0.300. The molecule has 0 spiro atoms. The van der Waals surface area contributed by atoms with Gasteiger partial charge in [0.2, 0.25) is 11.8 Å². The van der Waals surface area contributed by atoms with E-state index in [9.17, 15) is 18.4 Å². The van der Waals surface area contributed by atoms with E-state index in [2.05, 4.69) is 5.32 Å². The predicted molar refractivity (Wildman–Crippen MR) is 93.8 cm³/mol. The van der Waals surface area contributed by atoms with E-state index < -0.39 is 23.0 Å². The number of hydrogen-bond donors (Lipinski definition) is 1. The molecule has 0 aromatic heterocycles. The molecule has 0 unspecified atom stereocenters. The Morgan fingerprint density at radius 1 is 1.08 bits per heavy atom. The predicted octanol–water partition coefficient (Wildman–Crippen LogP) is 3.66. The van der Waals surface area contributed by atoms with Crippen molar-refractivity contribution in [3.63, 3.8) is 0 Å². The van der Waals surface area contributed by atoms with Crippen molar-refractivity contribution in [2.45, 2.75) is 25.7 Å². The molecule has 1 heterocycles. The maximum atomic E-state index is 13.8. The monoisotopic (exact) mass is 356 g/mol. The quantitative estimate of drug-likeness (QED) is 0.854. The molecule has 26 heavy (non-hydrogen) atoms. The van der Waals surface area contributed by atoms with Gasteiger partial charge in [0.05, 0.1) is 5.69 Å². The van der Waals surface area contributed by atoms with Gasteiger partial charge in [-0.25, -0.2) is 8.78 Å². The van der Waals surface area contributed by atoms with E-state index in [-0.39, 0.29) is 11.6 Å². The second-order valence-electron chi connectivity index (χ2n) is 6.85. The first-order valence-electron chi connectivity index (χ1n) is 8.68. The molecule has 1 fully saturated rings. The van der Waals surface area contributed by atoms with Crippen LogP contribution in [0.5, 0.6) is 0 Å². The first-order valence-corrected chi connectivity index (χ1v) is 8.68. The Kier molecular flexibility index (Phi) is 3.98. The van der Waals surface area contributed by atoms with Gasteiger partial charge in [-0.3, -0.25) is 9.59 Å². The number of aryl methyl sites for hydroxylation is 1. The molecule has 2 aromatic carbocycles. The number of amides is 2. The van der Waals surface area contributed by atoms with Gasteiger partial charge < -0.3 is 10.2 Å². The van der Waals surface area contributed by atoms with E-state index in [0.29, 0.717) is 25.5 Å². The number of nitrogens with zero attached hydrogens (tertiary/aromatic N) is 1. The van der Waals surface area contributed by atoms with E-state index in [1.807, 2.05) is 24.3 Å². The smallest absolute Gasteiger partial charge is 0.242 e. The van der Waals surface area contributed by atoms with E-state index in [0.717, 1.165) is 30.2 Å². The van der Waals surface area contributed by atoms with Crippen LogP contribution in [0.25, 0.3) is 0 Å². The third-order valence-corrected chi connectivity index (χ3v) is 5.13. The largest absolute Gasteiger partial charge is 0.323 e. The molecule has 2 aromatic rings. The summed E-state index contributed by atoms with van der Waals surface area (Å²) in [6.07, 6.45) is 2.60. The van der Waals surface area contributed by atoms with Crippen molar-refractivity contribution in [1.82, 2.24) is 0 Å². The Labute approximate surface area is 149 Å². The summed E-state index contributed by atoms with van der Waals surface area (Å²) in [7, 11) is 0. The average Bonchev–Trinajstić information content (AvgIpc) is 3.45. The summed E-state index contributed by atoms with van der Waals surface area (Å²) in [5.74, 6) is -2.35. The number of carbonyl (C=O) groups is 2. The molecule has 1 saturated carbocycles. The zero-order chi connectivity index (χ0) is 18.3. The van der Waals surface area contributed by atoms with Crippen molar-refractivity contribution in [1.29, 1.82) is 0 Å². The first-order chi connectivity index (χ1) is 12.5. The van der Waals surface area contributed by atoms with Crippen LogP contribution in [0, 0.1) is 17.0 Å². The summed E-state index contributed by atoms with van der Waals surface area (Å²) in [4.78, 5) is 27.5. The Morgan fingerprint density at radius 3 is 2.58 bits per heavy atom. The van der Waals surface area contributed by atoms with E-state index >= 15 is 0 Å². The molecule has 1 N–H and O–H groups in total. The number of rotatable bonds is 3. The molecule has 4 nitrogen and oxygen atoms in total. The van der Waals surface area contributed by atoms with Crippen molar-refractivity contribution < 1.29 is 18.4 Å². The van der Waals surface area contributed by atoms with Gasteiger partial charge in [0, 0.05) is 18.3 Å². The molecule has 6 heteroatoms. The van der Waals surface area contributed by atoms with Crippen LogP contribution < -0.4 is 10.2 Å². The summed E-state index contributed by atoms with van der Waals surface area (Å²) >= 11 is 0. The number of anilines is 2. The van der Waals surface area contributed by atoms with Gasteiger partial charge in [0.15, 0.2) is 0 Å². The summed E-state index contributed by atoms with van der Waals surface area (Å²) in [6, 6.07) is 10.6. The molecule has 2 amide bonds. The molecule has 0 saturated heterocycles. The minimum Gasteiger partial charge on any atom is -0.323 e. The highest BCUT2D eigenvalue weighted by molar-refractivity contribution is 6.18. The minimum atomic E-state index is -1.16. The maximum absolute atomic E-state index is 13.8. The maximum Gasteiger partial charge on any atom is 0.242 e. The second kappa shape index (κ2) is 6.20. The van der Waals surface area contributed by atoms with Gasteiger partial charge in [-0.2, -0.15) is 0 Å². The number of benzene rings is 2. The molecule has 2 aliphatic rings. The number of para-hydroxylation sites is 1. The summed E-state index contributed by atoms with van der Waals surface area (Å²) in [5.41, 5.74) is 0.656. The molecule has 1 aliphatic carbocycles. The van der Waals surface area contributed by atoms with Crippen LogP contribution >= 0.6 is 0 Å². The standard InChI is InChI=1S/C20H18F2N2O2/c21-14-7-8-16(15(22)12-14)23-18(25)20(9-10-20)19(26)24-11-3-5-13-4-1-2-6-17(13)24/h1-2,4,6-8,12H,3,5,9-11H2,(H,23,25). The fourth-order valence-electron chi connectivity index (χ4n) is 3.50. The molecule has 4 rings (SSSR count). The molecule has 0 radical (unpaired) electrons. The SMILES string of the molecule is O=C(Nc1ccc(F)cc1F)C1(C(=O)N2CCCc3ccccc32)CC1. The van der Waals surface area contributed by atoms with Crippen molar-refractivity contribution in [3.05, 3.63) is 59.7 Å². The Morgan fingerprint density at radius 2 is 1.85 bits per heavy atom. The van der Waals surface area contributed by atoms with Gasteiger partial charge in [0.1, 0.15) is 17.0 Å². The highest BCUT2D eigenvalue weighted by Crippen LogP contribution is 2.49. The van der Waals surface area contributed by atoms with E-state index in [1.54, 1.807) is 4.90 Å². The lowest BCUT2D eigenvalue weighted by Crippen LogP contribution is -2.45. The molecule has 134 valence electrons. The Balaban J connectivity index is 1.57. The van der Waals surface area contributed by atoms with Gasteiger partial charge >= 0.3 is 0 Å². The van der Waals surface area contributed by atoms with Gasteiger partial charge in [-0.1, -0.05) is 18.2 Å². The lowest BCUT2D eigenvalue weighted by molar-refractivity contribution is -0.132. The van der Waals surface area contributed by atoms with Crippen LogP contribution in [-0.4, -0.2) is 18.4 Å². The second-order valence-corrected chi connectivity index (χ2v) is 6.85. The van der Waals surface area contributed by atoms with Crippen LogP contribution in [-0.2, 0) is 16.0 Å².